The van der Waals surface area contributed by atoms with E-state index in [4.69, 9.17) is 14.7 Å². The molecule has 1 heterocycles. The van der Waals surface area contributed by atoms with Crippen LogP contribution in [0.1, 0.15) is 21.5 Å². The molecule has 0 unspecified atom stereocenters. The van der Waals surface area contributed by atoms with E-state index in [0.717, 1.165) is 33.6 Å². The Morgan fingerprint density at radius 2 is 1.32 bits per heavy atom. The summed E-state index contributed by atoms with van der Waals surface area (Å²) in [5.74, 6) is -1.01. The molecule has 5 aromatic rings. The highest BCUT2D eigenvalue weighted by Crippen LogP contribution is 2.31. The number of anilines is 1. The number of carbonyl (C=O) groups is 2. The first-order chi connectivity index (χ1) is 18.0. The molecule has 0 saturated carbocycles. The highest BCUT2D eigenvalue weighted by Gasteiger charge is 2.16. The van der Waals surface area contributed by atoms with Gasteiger partial charge in [0.1, 0.15) is 0 Å². The van der Waals surface area contributed by atoms with Crippen LogP contribution in [-0.4, -0.2) is 28.5 Å². The first-order valence-electron chi connectivity index (χ1n) is 11.9. The summed E-state index contributed by atoms with van der Waals surface area (Å²) in [4.78, 5) is 34.8. The Morgan fingerprint density at radius 3 is 1.95 bits per heavy atom. The molecule has 0 atom stereocenters. The van der Waals surface area contributed by atoms with Gasteiger partial charge in [0.25, 0.3) is 5.91 Å². The van der Waals surface area contributed by atoms with E-state index < -0.39 is 18.5 Å². The van der Waals surface area contributed by atoms with Crippen molar-refractivity contribution in [2.24, 2.45) is 0 Å². The highest BCUT2D eigenvalue weighted by molar-refractivity contribution is 5.97. The third kappa shape index (κ3) is 5.38. The lowest BCUT2D eigenvalue weighted by Gasteiger charge is -2.11. The van der Waals surface area contributed by atoms with Gasteiger partial charge in [-0.25, -0.2) is 14.8 Å². The van der Waals surface area contributed by atoms with Crippen LogP contribution >= 0.6 is 0 Å². The standard InChI is InChI=1S/C31H25N3O3/c1-20-13-15-25(17-21(20)2)32-28(35)19-37-31(36)24-14-16-26-27(18-24)34-30(23-11-7-4-8-12-23)29(33-26)22-9-5-3-6-10-22/h3-18H,19H2,1-2H3,(H,32,35). The molecule has 0 aliphatic carbocycles. The number of nitrogens with zero attached hydrogens (tertiary/aromatic N) is 2. The second-order valence-corrected chi connectivity index (χ2v) is 8.78. The number of carbonyl (C=O) groups excluding carboxylic acids is 2. The van der Waals surface area contributed by atoms with Crippen LogP contribution in [0.4, 0.5) is 5.69 Å². The van der Waals surface area contributed by atoms with Crippen molar-refractivity contribution in [1.29, 1.82) is 0 Å². The van der Waals surface area contributed by atoms with E-state index in [1.54, 1.807) is 18.2 Å². The second kappa shape index (κ2) is 10.4. The average Bonchev–Trinajstić information content (AvgIpc) is 2.93. The van der Waals surface area contributed by atoms with E-state index in [2.05, 4.69) is 5.32 Å². The number of rotatable bonds is 6. The Hall–Kier alpha value is -4.84. The molecule has 0 saturated heterocycles. The zero-order valence-corrected chi connectivity index (χ0v) is 20.6. The smallest absolute Gasteiger partial charge is 0.338 e. The lowest BCUT2D eigenvalue weighted by atomic mass is 10.0. The van der Waals surface area contributed by atoms with Gasteiger partial charge in [-0.05, 0) is 55.3 Å². The molecular formula is C31H25N3O3. The van der Waals surface area contributed by atoms with Crippen LogP contribution in [0, 0.1) is 13.8 Å². The molecule has 5 rings (SSSR count). The minimum atomic E-state index is -0.604. The average molecular weight is 488 g/mol. The molecule has 1 aromatic heterocycles. The summed E-state index contributed by atoms with van der Waals surface area (Å²) in [5.41, 5.74) is 7.73. The van der Waals surface area contributed by atoms with Crippen molar-refractivity contribution in [3.63, 3.8) is 0 Å². The van der Waals surface area contributed by atoms with E-state index in [0.29, 0.717) is 22.3 Å². The fourth-order valence-corrected chi connectivity index (χ4v) is 4.01. The summed E-state index contributed by atoms with van der Waals surface area (Å²) in [7, 11) is 0. The summed E-state index contributed by atoms with van der Waals surface area (Å²) in [6.07, 6.45) is 0. The maximum Gasteiger partial charge on any atom is 0.338 e. The molecule has 0 radical (unpaired) electrons. The summed E-state index contributed by atoms with van der Waals surface area (Å²) in [6, 6.07) is 30.3. The van der Waals surface area contributed by atoms with Gasteiger partial charge in [0.2, 0.25) is 0 Å². The molecule has 37 heavy (non-hydrogen) atoms. The number of esters is 1. The molecular weight excluding hydrogens is 462 g/mol. The normalized spacial score (nSPS) is 10.8. The summed E-state index contributed by atoms with van der Waals surface area (Å²) >= 11 is 0. The molecule has 0 aliphatic rings. The van der Waals surface area contributed by atoms with Gasteiger partial charge in [-0.2, -0.15) is 0 Å². The zero-order chi connectivity index (χ0) is 25.8. The van der Waals surface area contributed by atoms with Crippen molar-refractivity contribution in [1.82, 2.24) is 9.97 Å². The van der Waals surface area contributed by atoms with Crippen LogP contribution in [-0.2, 0) is 9.53 Å². The zero-order valence-electron chi connectivity index (χ0n) is 20.6. The number of fused-ring (bicyclic) bond motifs is 1. The fraction of sp³-hybridized carbons (Fsp3) is 0.0968. The summed E-state index contributed by atoms with van der Waals surface area (Å²) < 4.78 is 5.27. The lowest BCUT2D eigenvalue weighted by molar-refractivity contribution is -0.119. The van der Waals surface area contributed by atoms with Gasteiger partial charge < -0.3 is 10.1 Å². The Balaban J connectivity index is 1.39. The van der Waals surface area contributed by atoms with E-state index in [1.165, 1.54) is 0 Å². The Kier molecular flexibility index (Phi) is 6.72. The molecule has 0 spiro atoms. The van der Waals surface area contributed by atoms with Crippen LogP contribution in [0.5, 0.6) is 0 Å². The van der Waals surface area contributed by atoms with Gasteiger partial charge in [-0.1, -0.05) is 66.7 Å². The summed E-state index contributed by atoms with van der Waals surface area (Å²) in [6.45, 7) is 3.58. The largest absolute Gasteiger partial charge is 0.452 e. The Bertz CT molecular complexity index is 1600. The van der Waals surface area contributed by atoms with Crippen molar-refractivity contribution >= 4 is 28.6 Å². The molecule has 182 valence electrons. The van der Waals surface area contributed by atoms with Crippen LogP contribution in [0.15, 0.2) is 97.1 Å². The van der Waals surface area contributed by atoms with Crippen LogP contribution < -0.4 is 5.32 Å². The quantitative estimate of drug-likeness (QED) is 0.281. The second-order valence-electron chi connectivity index (χ2n) is 8.78. The predicted molar refractivity (Wildman–Crippen MR) is 145 cm³/mol. The van der Waals surface area contributed by atoms with Crippen molar-refractivity contribution in [2.75, 3.05) is 11.9 Å². The van der Waals surface area contributed by atoms with Crippen LogP contribution in [0.2, 0.25) is 0 Å². The maximum atomic E-state index is 12.7. The third-order valence-electron chi connectivity index (χ3n) is 6.12. The van der Waals surface area contributed by atoms with Crippen molar-refractivity contribution < 1.29 is 14.3 Å². The maximum absolute atomic E-state index is 12.7. The van der Waals surface area contributed by atoms with Gasteiger partial charge in [0.05, 0.1) is 28.0 Å². The number of benzene rings is 4. The molecule has 6 nitrogen and oxygen atoms in total. The minimum Gasteiger partial charge on any atom is -0.452 e. The van der Waals surface area contributed by atoms with Gasteiger partial charge >= 0.3 is 5.97 Å². The minimum absolute atomic E-state index is 0.298. The highest BCUT2D eigenvalue weighted by atomic mass is 16.5. The number of aromatic nitrogens is 2. The van der Waals surface area contributed by atoms with Gasteiger partial charge in [-0.3, -0.25) is 4.79 Å². The van der Waals surface area contributed by atoms with E-state index in [-0.39, 0.29) is 0 Å². The van der Waals surface area contributed by atoms with Gasteiger partial charge in [0, 0.05) is 16.8 Å². The SMILES string of the molecule is Cc1ccc(NC(=O)COC(=O)c2ccc3nc(-c4ccccc4)c(-c4ccccc4)nc3c2)cc1C. The molecule has 6 heteroatoms. The summed E-state index contributed by atoms with van der Waals surface area (Å²) in [5, 5.41) is 2.76. The van der Waals surface area contributed by atoms with Crippen molar-refractivity contribution in [3.8, 4) is 22.5 Å². The number of amides is 1. The first-order valence-corrected chi connectivity index (χ1v) is 11.9. The molecule has 0 aliphatic heterocycles. The number of ether oxygens (including phenoxy) is 1. The van der Waals surface area contributed by atoms with Crippen molar-refractivity contribution in [2.45, 2.75) is 13.8 Å². The van der Waals surface area contributed by atoms with Gasteiger partial charge in [0.15, 0.2) is 6.61 Å². The molecule has 1 N–H and O–H groups in total. The number of hydrogen-bond donors (Lipinski definition) is 1. The van der Waals surface area contributed by atoms with E-state index in [9.17, 15) is 9.59 Å². The molecule has 0 bridgehead atoms. The Morgan fingerprint density at radius 1 is 0.703 bits per heavy atom. The molecule has 4 aromatic carbocycles. The molecule has 0 fully saturated rings. The number of aryl methyl sites for hydroxylation is 2. The van der Waals surface area contributed by atoms with Crippen LogP contribution in [0.3, 0.4) is 0 Å². The fourth-order valence-electron chi connectivity index (χ4n) is 4.01. The third-order valence-corrected chi connectivity index (χ3v) is 6.12. The Labute approximate surface area is 215 Å². The van der Waals surface area contributed by atoms with E-state index in [1.807, 2.05) is 92.7 Å². The first kappa shape index (κ1) is 23.9. The topological polar surface area (TPSA) is 81.2 Å². The lowest BCUT2D eigenvalue weighted by Crippen LogP contribution is -2.21. The number of nitrogens with one attached hydrogen (secondary N) is 1. The number of hydrogen-bond acceptors (Lipinski definition) is 5. The van der Waals surface area contributed by atoms with Gasteiger partial charge in [-0.15, -0.1) is 0 Å². The molecule has 1 amide bonds. The van der Waals surface area contributed by atoms with Crippen molar-refractivity contribution in [3.05, 3.63) is 114 Å². The monoisotopic (exact) mass is 487 g/mol. The van der Waals surface area contributed by atoms with Crippen LogP contribution in [0.25, 0.3) is 33.5 Å². The van der Waals surface area contributed by atoms with E-state index >= 15 is 0 Å². The predicted octanol–water partition coefficient (Wildman–Crippen LogP) is 6.38.